The van der Waals surface area contributed by atoms with Crippen molar-refractivity contribution in [3.8, 4) is 5.75 Å². The van der Waals surface area contributed by atoms with Crippen molar-refractivity contribution < 1.29 is 13.9 Å². The van der Waals surface area contributed by atoms with Gasteiger partial charge >= 0.3 is 0 Å². The number of carbonyl (C=O) groups excluding carboxylic acids is 1. The van der Waals surface area contributed by atoms with E-state index in [0.717, 1.165) is 0 Å². The highest BCUT2D eigenvalue weighted by Gasteiger charge is 2.16. The summed E-state index contributed by atoms with van der Waals surface area (Å²) in [4.78, 5) is 35.5. The maximum Gasteiger partial charge on any atom is 0.270 e. The van der Waals surface area contributed by atoms with Crippen LogP contribution in [0.15, 0.2) is 35.3 Å². The minimum absolute atomic E-state index is 0.133. The number of benzene rings is 1. The van der Waals surface area contributed by atoms with Gasteiger partial charge in [0.05, 0.1) is 24.7 Å². The third-order valence-corrected chi connectivity index (χ3v) is 3.55. The number of fused-ring (bicyclic) bond motifs is 1. The topological polar surface area (TPSA) is 91.1 Å². The summed E-state index contributed by atoms with van der Waals surface area (Å²) < 4.78 is 18.1. The highest BCUT2D eigenvalue weighted by molar-refractivity contribution is 5.92. The van der Waals surface area contributed by atoms with Crippen LogP contribution in [-0.4, -0.2) is 39.9 Å². The summed E-state index contributed by atoms with van der Waals surface area (Å²) in [6.07, 6.45) is 1.34. The third kappa shape index (κ3) is 2.98. The number of hydrogen-bond donors (Lipinski definition) is 2. The molecule has 3 aromatic rings. The molecule has 0 saturated heterocycles. The maximum atomic E-state index is 13.2. The fraction of sp³-hybridized carbons (Fsp3) is 0.188. The molecular formula is C16H15FN4O3. The lowest BCUT2D eigenvalue weighted by atomic mass is 10.3. The summed E-state index contributed by atoms with van der Waals surface area (Å²) in [5.41, 5.74) is 0.937. The first-order valence-electron chi connectivity index (χ1n) is 7.14. The van der Waals surface area contributed by atoms with Crippen LogP contribution < -0.4 is 10.2 Å². The number of hydrogen-bond acceptors (Lipinski definition) is 4. The molecule has 0 bridgehead atoms. The molecule has 0 fully saturated rings. The van der Waals surface area contributed by atoms with E-state index in [1.165, 1.54) is 36.4 Å². The molecule has 0 aliphatic heterocycles. The van der Waals surface area contributed by atoms with E-state index in [9.17, 15) is 14.0 Å². The number of halogens is 1. The fourth-order valence-electron chi connectivity index (χ4n) is 2.35. The molecule has 124 valence electrons. The van der Waals surface area contributed by atoms with Crippen LogP contribution in [-0.2, 0) is 6.54 Å². The first-order valence-corrected chi connectivity index (χ1v) is 7.14. The second-order valence-electron chi connectivity index (χ2n) is 5.29. The van der Waals surface area contributed by atoms with Gasteiger partial charge in [-0.25, -0.2) is 9.37 Å². The van der Waals surface area contributed by atoms with Crippen LogP contribution in [0, 0.1) is 5.82 Å². The first-order chi connectivity index (χ1) is 11.5. The monoisotopic (exact) mass is 330 g/mol. The molecule has 0 atom stereocenters. The van der Waals surface area contributed by atoms with Crippen LogP contribution in [0.25, 0.3) is 11.0 Å². The zero-order valence-corrected chi connectivity index (χ0v) is 13.1. The highest BCUT2D eigenvalue weighted by atomic mass is 19.1. The van der Waals surface area contributed by atoms with Crippen LogP contribution in [0.3, 0.4) is 0 Å². The number of aromatic nitrogens is 3. The summed E-state index contributed by atoms with van der Waals surface area (Å²) in [7, 11) is 2.96. The van der Waals surface area contributed by atoms with Crippen molar-refractivity contribution in [1.29, 1.82) is 0 Å². The van der Waals surface area contributed by atoms with Gasteiger partial charge in [0.1, 0.15) is 17.3 Å². The quantitative estimate of drug-likeness (QED) is 0.761. The van der Waals surface area contributed by atoms with Crippen molar-refractivity contribution in [2.24, 2.45) is 0 Å². The minimum atomic E-state index is -0.382. The minimum Gasteiger partial charge on any atom is -0.491 e. The Labute approximate surface area is 136 Å². The molecule has 0 aliphatic carbocycles. The van der Waals surface area contributed by atoms with Crippen molar-refractivity contribution in [2.45, 2.75) is 6.54 Å². The predicted octanol–water partition coefficient (Wildman–Crippen LogP) is 1.67. The Morgan fingerprint density at radius 2 is 2.17 bits per heavy atom. The van der Waals surface area contributed by atoms with Gasteiger partial charge < -0.3 is 19.6 Å². The molecule has 3 rings (SSSR count). The van der Waals surface area contributed by atoms with Crippen LogP contribution in [0.2, 0.25) is 0 Å². The lowest BCUT2D eigenvalue weighted by Gasteiger charge is -2.15. The van der Waals surface area contributed by atoms with E-state index < -0.39 is 0 Å². The summed E-state index contributed by atoms with van der Waals surface area (Å²) in [5, 5.41) is 0. The van der Waals surface area contributed by atoms with E-state index in [4.69, 9.17) is 4.74 Å². The van der Waals surface area contributed by atoms with Crippen molar-refractivity contribution in [2.75, 3.05) is 14.2 Å². The number of nitrogens with zero attached hydrogens (tertiary/aromatic N) is 2. The Morgan fingerprint density at radius 3 is 2.88 bits per heavy atom. The molecule has 0 spiro atoms. The average molecular weight is 330 g/mol. The molecule has 8 heteroatoms. The molecule has 24 heavy (non-hydrogen) atoms. The van der Waals surface area contributed by atoms with Crippen molar-refractivity contribution in [3.63, 3.8) is 0 Å². The van der Waals surface area contributed by atoms with Gasteiger partial charge in [0, 0.05) is 19.3 Å². The number of aromatic amines is 2. The average Bonchev–Trinajstić information content (AvgIpc) is 2.95. The molecule has 1 aromatic carbocycles. The van der Waals surface area contributed by atoms with E-state index in [1.54, 1.807) is 13.1 Å². The Hall–Kier alpha value is -3.16. The van der Waals surface area contributed by atoms with Crippen LogP contribution >= 0.6 is 0 Å². The summed E-state index contributed by atoms with van der Waals surface area (Å²) >= 11 is 0. The molecule has 2 heterocycles. The summed E-state index contributed by atoms with van der Waals surface area (Å²) in [5.74, 6) is -0.0878. The van der Waals surface area contributed by atoms with E-state index in [1.807, 2.05) is 0 Å². The number of nitrogens with one attached hydrogen (secondary N) is 2. The maximum absolute atomic E-state index is 13.2. The van der Waals surface area contributed by atoms with Gasteiger partial charge in [-0.15, -0.1) is 0 Å². The molecule has 7 nitrogen and oxygen atoms in total. The second-order valence-corrected chi connectivity index (χ2v) is 5.29. The fourth-order valence-corrected chi connectivity index (χ4v) is 2.35. The number of carbonyl (C=O) groups is 1. The third-order valence-electron chi connectivity index (χ3n) is 3.55. The van der Waals surface area contributed by atoms with Gasteiger partial charge in [0.2, 0.25) is 5.43 Å². The molecule has 0 radical (unpaired) electrons. The van der Waals surface area contributed by atoms with E-state index in [2.05, 4.69) is 15.0 Å². The largest absolute Gasteiger partial charge is 0.491 e. The second kappa shape index (κ2) is 6.15. The van der Waals surface area contributed by atoms with Gasteiger partial charge in [0.15, 0.2) is 5.75 Å². The number of ether oxygens (including phenoxy) is 1. The molecule has 0 unspecified atom stereocenters. The van der Waals surface area contributed by atoms with Crippen molar-refractivity contribution in [3.05, 3.63) is 58.0 Å². The van der Waals surface area contributed by atoms with Gasteiger partial charge in [-0.1, -0.05) is 0 Å². The molecule has 1 amide bonds. The molecule has 2 aromatic heterocycles. The number of methoxy groups -OCH3 is 1. The molecular weight excluding hydrogens is 315 g/mol. The Bertz CT molecular complexity index is 963. The van der Waals surface area contributed by atoms with E-state index in [-0.39, 0.29) is 35.1 Å². The summed E-state index contributed by atoms with van der Waals surface area (Å²) in [6.45, 7) is 0.184. The number of imidazole rings is 1. The Morgan fingerprint density at radius 1 is 1.38 bits per heavy atom. The molecule has 2 N–H and O–H groups in total. The van der Waals surface area contributed by atoms with Crippen molar-refractivity contribution in [1.82, 2.24) is 19.9 Å². The van der Waals surface area contributed by atoms with E-state index >= 15 is 0 Å². The van der Waals surface area contributed by atoms with Crippen molar-refractivity contribution >= 4 is 16.9 Å². The van der Waals surface area contributed by atoms with Crippen LogP contribution in [0.5, 0.6) is 5.75 Å². The molecule has 0 aliphatic rings. The zero-order valence-electron chi connectivity index (χ0n) is 13.1. The normalized spacial score (nSPS) is 10.8. The number of H-pyrrole nitrogens is 2. The van der Waals surface area contributed by atoms with E-state index in [0.29, 0.717) is 16.9 Å². The number of rotatable bonds is 4. The number of amides is 1. The van der Waals surface area contributed by atoms with Crippen LogP contribution in [0.4, 0.5) is 4.39 Å². The summed E-state index contributed by atoms with van der Waals surface area (Å²) in [6, 6.07) is 5.41. The zero-order chi connectivity index (χ0) is 17.3. The lowest BCUT2D eigenvalue weighted by Crippen LogP contribution is -2.28. The van der Waals surface area contributed by atoms with Crippen LogP contribution in [0.1, 0.15) is 16.3 Å². The van der Waals surface area contributed by atoms with Gasteiger partial charge in [-0.2, -0.15) is 0 Å². The smallest absolute Gasteiger partial charge is 0.270 e. The lowest BCUT2D eigenvalue weighted by molar-refractivity contribution is 0.0776. The SMILES string of the molecule is COc1c[nH]c(C(=O)N(C)Cc2nc3ccc(F)cc3[nH]2)cc1=O. The Kier molecular flexibility index (Phi) is 4.03. The first kappa shape index (κ1) is 15.7. The van der Waals surface area contributed by atoms with Gasteiger partial charge in [0.25, 0.3) is 5.91 Å². The van der Waals surface area contributed by atoms with Gasteiger partial charge in [-0.05, 0) is 18.2 Å². The number of pyridine rings is 1. The Balaban J connectivity index is 1.80. The molecule has 0 saturated carbocycles. The predicted molar refractivity (Wildman–Crippen MR) is 85.5 cm³/mol. The van der Waals surface area contributed by atoms with Gasteiger partial charge in [-0.3, -0.25) is 9.59 Å². The standard InChI is InChI=1S/C16H15FN4O3/c1-21(16(23)12-6-13(22)14(24-2)7-18-12)8-15-19-10-4-3-9(17)5-11(10)20-15/h3-7H,8H2,1-2H3,(H,18,22)(H,19,20). The highest BCUT2D eigenvalue weighted by Crippen LogP contribution is 2.14.